The van der Waals surface area contributed by atoms with Gasteiger partial charge in [0, 0.05) is 30.2 Å². The summed E-state index contributed by atoms with van der Waals surface area (Å²) in [6.45, 7) is 3.45. The predicted octanol–water partition coefficient (Wildman–Crippen LogP) is 1.46. The maximum atomic E-state index is 11.4. The van der Waals surface area contributed by atoms with Crippen LogP contribution in [0.2, 0.25) is 0 Å². The van der Waals surface area contributed by atoms with Gasteiger partial charge in [-0.25, -0.2) is 8.42 Å². The van der Waals surface area contributed by atoms with Crippen molar-refractivity contribution in [2.45, 2.75) is 19.8 Å². The average Bonchev–Trinajstić information content (AvgIpc) is 2.72. The van der Waals surface area contributed by atoms with Gasteiger partial charge in [-0.2, -0.15) is 0 Å². The van der Waals surface area contributed by atoms with E-state index in [1.54, 1.807) is 6.92 Å². The van der Waals surface area contributed by atoms with Gasteiger partial charge in [0.15, 0.2) is 0 Å². The van der Waals surface area contributed by atoms with Crippen LogP contribution in [0.15, 0.2) is 18.2 Å². The van der Waals surface area contributed by atoms with Crippen LogP contribution in [0, 0.1) is 0 Å². The molecule has 0 bridgehead atoms. The van der Waals surface area contributed by atoms with Crippen LogP contribution in [0.4, 0.5) is 11.4 Å². The normalized spacial score (nSPS) is 14.8. The van der Waals surface area contributed by atoms with Crippen LogP contribution in [-0.4, -0.2) is 33.0 Å². The molecule has 18 heavy (non-hydrogen) atoms. The van der Waals surface area contributed by atoms with E-state index in [-0.39, 0.29) is 11.5 Å². The second-order valence-electron chi connectivity index (χ2n) is 4.72. The summed E-state index contributed by atoms with van der Waals surface area (Å²) in [6, 6.07) is 5.97. The first kappa shape index (κ1) is 13.2. The Bertz CT molecular complexity index is 526. The largest absolute Gasteiger partial charge is 0.399 e. The Hall–Kier alpha value is -1.23. The van der Waals surface area contributed by atoms with Crippen LogP contribution in [0.1, 0.15) is 18.9 Å². The van der Waals surface area contributed by atoms with Gasteiger partial charge in [0.25, 0.3) is 0 Å². The van der Waals surface area contributed by atoms with E-state index < -0.39 is 9.84 Å². The highest BCUT2D eigenvalue weighted by Gasteiger charge is 2.19. The molecule has 0 amide bonds. The third-order valence-electron chi connectivity index (χ3n) is 3.42. The van der Waals surface area contributed by atoms with Crippen LogP contribution in [0.5, 0.6) is 0 Å². The molecule has 100 valence electrons. The van der Waals surface area contributed by atoms with Crippen LogP contribution < -0.4 is 10.6 Å². The topological polar surface area (TPSA) is 63.4 Å². The van der Waals surface area contributed by atoms with Gasteiger partial charge in [-0.3, -0.25) is 0 Å². The summed E-state index contributed by atoms with van der Waals surface area (Å²) in [5.41, 5.74) is 9.03. The fraction of sp³-hybridized carbons (Fsp3) is 0.538. The highest BCUT2D eigenvalue weighted by molar-refractivity contribution is 7.91. The molecule has 0 aromatic heterocycles. The number of nitrogen functional groups attached to an aromatic ring is 1. The minimum atomic E-state index is -2.85. The summed E-state index contributed by atoms with van der Waals surface area (Å²) in [6.07, 6.45) is 1.71. The molecule has 0 spiro atoms. The molecule has 0 saturated carbocycles. The number of nitrogens with zero attached hydrogens (tertiary/aromatic N) is 1. The lowest BCUT2D eigenvalue weighted by atomic mass is 10.1. The molecule has 1 heterocycles. The third kappa shape index (κ3) is 2.96. The van der Waals surface area contributed by atoms with Gasteiger partial charge in [0.1, 0.15) is 9.84 Å². The van der Waals surface area contributed by atoms with Crippen molar-refractivity contribution in [3.63, 3.8) is 0 Å². The zero-order valence-corrected chi connectivity index (χ0v) is 11.5. The lowest BCUT2D eigenvalue weighted by Gasteiger charge is -2.19. The molecule has 1 aromatic rings. The second kappa shape index (κ2) is 5.18. The molecule has 0 atom stereocenters. The van der Waals surface area contributed by atoms with Gasteiger partial charge in [-0.15, -0.1) is 0 Å². The number of fused-ring (bicyclic) bond motifs is 1. The molecular weight excluding hydrogens is 248 g/mol. The van der Waals surface area contributed by atoms with E-state index in [9.17, 15) is 8.42 Å². The maximum absolute atomic E-state index is 11.4. The first-order chi connectivity index (χ1) is 8.52. The van der Waals surface area contributed by atoms with Crippen molar-refractivity contribution in [2.24, 2.45) is 0 Å². The Labute approximate surface area is 109 Å². The summed E-state index contributed by atoms with van der Waals surface area (Å²) in [5, 5.41) is 0. The molecule has 5 heteroatoms. The van der Waals surface area contributed by atoms with Crippen molar-refractivity contribution in [3.05, 3.63) is 23.8 Å². The predicted molar refractivity (Wildman–Crippen MR) is 75.7 cm³/mol. The molecule has 1 aliphatic rings. The first-order valence-corrected chi connectivity index (χ1v) is 8.18. The maximum Gasteiger partial charge on any atom is 0.150 e. The van der Waals surface area contributed by atoms with E-state index in [2.05, 4.69) is 11.0 Å². The summed E-state index contributed by atoms with van der Waals surface area (Å²) in [5.74, 6) is 0.508. The molecule has 1 aliphatic heterocycles. The summed E-state index contributed by atoms with van der Waals surface area (Å²) < 4.78 is 22.9. The van der Waals surface area contributed by atoms with Gasteiger partial charge in [-0.05, 0) is 30.5 Å². The zero-order chi connectivity index (χ0) is 13.2. The standard InChI is InChI=1S/C13H20N2O2S/c1-2-18(16,17)9-3-7-15-8-6-11-4-5-12(14)10-13(11)15/h4-5,10H,2-3,6-9,14H2,1H3. The van der Waals surface area contributed by atoms with Crippen molar-refractivity contribution >= 4 is 21.2 Å². The van der Waals surface area contributed by atoms with Gasteiger partial charge < -0.3 is 10.6 Å². The zero-order valence-electron chi connectivity index (χ0n) is 10.7. The number of sulfone groups is 1. The van der Waals surface area contributed by atoms with Crippen molar-refractivity contribution in [1.29, 1.82) is 0 Å². The Kier molecular flexibility index (Phi) is 3.80. The number of nitrogens with two attached hydrogens (primary N) is 1. The molecule has 0 aliphatic carbocycles. The first-order valence-electron chi connectivity index (χ1n) is 6.35. The molecule has 1 aromatic carbocycles. The van der Waals surface area contributed by atoms with Crippen molar-refractivity contribution < 1.29 is 8.42 Å². The van der Waals surface area contributed by atoms with Gasteiger partial charge in [-0.1, -0.05) is 13.0 Å². The second-order valence-corrected chi connectivity index (χ2v) is 7.19. The van der Waals surface area contributed by atoms with E-state index in [4.69, 9.17) is 5.73 Å². The Morgan fingerprint density at radius 1 is 1.39 bits per heavy atom. The fourth-order valence-corrected chi connectivity index (χ4v) is 3.17. The van der Waals surface area contributed by atoms with E-state index in [0.717, 1.165) is 25.2 Å². The van der Waals surface area contributed by atoms with E-state index in [1.807, 2.05) is 12.1 Å². The van der Waals surface area contributed by atoms with Crippen LogP contribution >= 0.6 is 0 Å². The highest BCUT2D eigenvalue weighted by Crippen LogP contribution is 2.29. The lowest BCUT2D eigenvalue weighted by Crippen LogP contribution is -2.24. The molecule has 0 unspecified atom stereocenters. The molecule has 0 fully saturated rings. The van der Waals surface area contributed by atoms with Crippen LogP contribution in [0.25, 0.3) is 0 Å². The minimum Gasteiger partial charge on any atom is -0.399 e. The van der Waals surface area contributed by atoms with Gasteiger partial charge >= 0.3 is 0 Å². The van der Waals surface area contributed by atoms with Crippen LogP contribution in [0.3, 0.4) is 0 Å². The van der Waals surface area contributed by atoms with Crippen molar-refractivity contribution in [1.82, 2.24) is 0 Å². The third-order valence-corrected chi connectivity index (χ3v) is 5.21. The molecule has 0 radical (unpaired) electrons. The highest BCUT2D eigenvalue weighted by atomic mass is 32.2. The monoisotopic (exact) mass is 268 g/mol. The van der Waals surface area contributed by atoms with E-state index >= 15 is 0 Å². The average molecular weight is 268 g/mol. The number of hydrogen-bond acceptors (Lipinski definition) is 4. The Morgan fingerprint density at radius 3 is 2.89 bits per heavy atom. The molecule has 0 saturated heterocycles. The molecular formula is C13H20N2O2S. The summed E-state index contributed by atoms with van der Waals surface area (Å²) >= 11 is 0. The number of anilines is 2. The Morgan fingerprint density at radius 2 is 2.17 bits per heavy atom. The molecule has 2 N–H and O–H groups in total. The fourth-order valence-electron chi connectivity index (χ4n) is 2.31. The number of rotatable bonds is 5. The Balaban J connectivity index is 1.96. The van der Waals surface area contributed by atoms with Crippen molar-refractivity contribution in [3.8, 4) is 0 Å². The molecule has 4 nitrogen and oxygen atoms in total. The number of benzene rings is 1. The summed E-state index contributed by atoms with van der Waals surface area (Å²) in [7, 11) is -2.85. The van der Waals surface area contributed by atoms with Crippen molar-refractivity contribution in [2.75, 3.05) is 35.2 Å². The van der Waals surface area contributed by atoms with Gasteiger partial charge in [0.05, 0.1) is 5.75 Å². The SMILES string of the molecule is CCS(=O)(=O)CCCN1CCc2ccc(N)cc21. The lowest BCUT2D eigenvalue weighted by molar-refractivity contribution is 0.594. The molecule has 2 rings (SSSR count). The van der Waals surface area contributed by atoms with Gasteiger partial charge in [0.2, 0.25) is 0 Å². The van der Waals surface area contributed by atoms with E-state index in [1.165, 1.54) is 11.3 Å². The minimum absolute atomic E-state index is 0.233. The quantitative estimate of drug-likeness (QED) is 0.821. The number of hydrogen-bond donors (Lipinski definition) is 1. The summed E-state index contributed by atoms with van der Waals surface area (Å²) in [4.78, 5) is 2.23. The smallest absolute Gasteiger partial charge is 0.150 e. The van der Waals surface area contributed by atoms with Crippen LogP contribution in [-0.2, 0) is 16.3 Å². The van der Waals surface area contributed by atoms with E-state index in [0.29, 0.717) is 6.42 Å².